The Morgan fingerprint density at radius 2 is 1.74 bits per heavy atom. The number of amidine groups is 1. The molecule has 1 fully saturated rings. The molecule has 1 unspecified atom stereocenters. The summed E-state index contributed by atoms with van der Waals surface area (Å²) in [5.74, 6) is -0.963. The number of ether oxygens (including phenoxy) is 2. The highest BCUT2D eigenvalue weighted by atomic mass is 16.5. The average molecular weight is 579 g/mol. The van der Waals surface area contributed by atoms with E-state index in [0.717, 1.165) is 51.6 Å². The third-order valence-corrected chi connectivity index (χ3v) is 7.11. The van der Waals surface area contributed by atoms with Crippen LogP contribution < -0.4 is 11.1 Å². The Bertz CT molecular complexity index is 1290. The van der Waals surface area contributed by atoms with Gasteiger partial charge in [0, 0.05) is 29.8 Å². The molecule has 0 saturated carbocycles. The van der Waals surface area contributed by atoms with Gasteiger partial charge in [0.15, 0.2) is 0 Å². The molecule has 2 aromatic rings. The van der Waals surface area contributed by atoms with Crippen LogP contribution in [0.5, 0.6) is 0 Å². The Kier molecular flexibility index (Phi) is 12.5. The van der Waals surface area contributed by atoms with Crippen LogP contribution in [0.1, 0.15) is 102 Å². The van der Waals surface area contributed by atoms with Crippen LogP contribution in [0.4, 0.5) is 4.79 Å². The molecule has 42 heavy (non-hydrogen) atoms. The molecule has 0 bridgehead atoms. The fourth-order valence-corrected chi connectivity index (χ4v) is 4.81. The summed E-state index contributed by atoms with van der Waals surface area (Å²) in [6, 6.07) is 11.0. The molecule has 0 aliphatic carbocycles. The molecule has 226 valence electrons. The Labute approximate surface area is 247 Å². The number of amides is 3. The maximum atomic E-state index is 13.3. The van der Waals surface area contributed by atoms with Gasteiger partial charge in [0.25, 0.3) is 11.8 Å². The molecule has 1 aliphatic heterocycles. The highest BCUT2D eigenvalue weighted by Gasteiger charge is 2.24. The van der Waals surface area contributed by atoms with Gasteiger partial charge in [-0.25, -0.2) is 4.79 Å². The molecule has 1 heterocycles. The quantitative estimate of drug-likeness (QED) is 0.146. The van der Waals surface area contributed by atoms with Gasteiger partial charge in [0.1, 0.15) is 5.84 Å². The van der Waals surface area contributed by atoms with E-state index in [1.807, 2.05) is 4.90 Å². The lowest BCUT2D eigenvalue weighted by atomic mass is 9.99. The maximum Gasteiger partial charge on any atom is 0.435 e. The Morgan fingerprint density at radius 1 is 0.976 bits per heavy atom. The van der Waals surface area contributed by atoms with Crippen LogP contribution in [0.2, 0.25) is 0 Å². The number of nitrogens with two attached hydrogens (primary N) is 1. The van der Waals surface area contributed by atoms with E-state index in [0.29, 0.717) is 27.8 Å². The van der Waals surface area contributed by atoms with Crippen molar-refractivity contribution in [1.82, 2.24) is 10.2 Å². The van der Waals surface area contributed by atoms with Crippen molar-refractivity contribution in [3.8, 4) is 0 Å². The Hall–Kier alpha value is -4.21. The molecule has 0 spiro atoms. The number of hydrogen-bond acceptors (Lipinski definition) is 6. The highest BCUT2D eigenvalue weighted by molar-refractivity contribution is 6.03. The lowest BCUT2D eigenvalue weighted by Crippen LogP contribution is -2.31. The summed E-state index contributed by atoms with van der Waals surface area (Å²) in [5, 5.41) is 2.91. The van der Waals surface area contributed by atoms with Crippen molar-refractivity contribution in [2.45, 2.75) is 71.8 Å². The van der Waals surface area contributed by atoms with E-state index < -0.39 is 24.0 Å². The minimum atomic E-state index is -0.771. The number of rotatable bonds is 13. The van der Waals surface area contributed by atoms with Crippen LogP contribution in [0.3, 0.4) is 0 Å². The Morgan fingerprint density at radius 3 is 2.43 bits per heavy atom. The van der Waals surface area contributed by atoms with E-state index in [4.69, 9.17) is 15.2 Å². The van der Waals surface area contributed by atoms with Gasteiger partial charge >= 0.3 is 12.1 Å². The fraction of sp³-hybridized carbons (Fsp3) is 0.469. The van der Waals surface area contributed by atoms with Crippen LogP contribution in [0, 0.1) is 6.92 Å². The zero-order valence-electron chi connectivity index (χ0n) is 24.8. The summed E-state index contributed by atoms with van der Waals surface area (Å²) in [6.45, 7) is 7.57. The number of carbonyl (C=O) groups is 4. The molecule has 3 N–H and O–H groups in total. The van der Waals surface area contributed by atoms with E-state index >= 15 is 0 Å². The van der Waals surface area contributed by atoms with Crippen molar-refractivity contribution < 1.29 is 28.7 Å². The molecule has 0 radical (unpaired) electrons. The predicted octanol–water partition coefficient (Wildman–Crippen LogP) is 5.08. The summed E-state index contributed by atoms with van der Waals surface area (Å²) < 4.78 is 10.3. The first-order chi connectivity index (χ1) is 20.2. The van der Waals surface area contributed by atoms with Gasteiger partial charge in [-0.05, 0) is 68.5 Å². The van der Waals surface area contributed by atoms with Gasteiger partial charge in [-0.1, -0.05) is 44.4 Å². The second-order valence-corrected chi connectivity index (χ2v) is 10.4. The van der Waals surface area contributed by atoms with Crippen molar-refractivity contribution in [3.05, 3.63) is 70.3 Å². The van der Waals surface area contributed by atoms with E-state index in [1.54, 1.807) is 56.3 Å². The van der Waals surface area contributed by atoms with E-state index in [2.05, 4.69) is 17.2 Å². The summed E-state index contributed by atoms with van der Waals surface area (Å²) in [7, 11) is 0. The first kappa shape index (κ1) is 32.3. The minimum Gasteiger partial charge on any atom is -0.466 e. The van der Waals surface area contributed by atoms with Crippen LogP contribution >= 0.6 is 0 Å². The summed E-state index contributed by atoms with van der Waals surface area (Å²) in [6.07, 6.45) is 4.99. The second-order valence-electron chi connectivity index (χ2n) is 10.4. The SMILES string of the molecule is CCCCCCOC(=O)N=C(N)c1cccc(C(CC(=O)OCC)NC(=O)c2ccc(C(=O)N3CCCC3)c(C)c2)c1. The zero-order valence-corrected chi connectivity index (χ0v) is 24.8. The lowest BCUT2D eigenvalue weighted by Gasteiger charge is -2.20. The second kappa shape index (κ2) is 16.3. The zero-order chi connectivity index (χ0) is 30.5. The number of likely N-dealkylation sites (tertiary alicyclic amines) is 1. The smallest absolute Gasteiger partial charge is 0.435 e. The number of aryl methyl sites for hydroxylation is 1. The molecule has 1 saturated heterocycles. The summed E-state index contributed by atoms with van der Waals surface area (Å²) in [5.41, 5.74) is 8.75. The number of nitrogens with one attached hydrogen (secondary N) is 1. The van der Waals surface area contributed by atoms with Gasteiger partial charge in [-0.3, -0.25) is 14.4 Å². The molecular formula is C32H42N4O6. The van der Waals surface area contributed by atoms with Crippen LogP contribution in [0.25, 0.3) is 0 Å². The number of esters is 1. The van der Waals surface area contributed by atoms with Crippen LogP contribution in [-0.4, -0.2) is 60.9 Å². The lowest BCUT2D eigenvalue weighted by molar-refractivity contribution is -0.143. The van der Waals surface area contributed by atoms with Crippen molar-refractivity contribution in [2.24, 2.45) is 10.7 Å². The van der Waals surface area contributed by atoms with E-state index in [9.17, 15) is 19.2 Å². The van der Waals surface area contributed by atoms with Gasteiger partial charge in [0.2, 0.25) is 0 Å². The van der Waals surface area contributed by atoms with Crippen LogP contribution in [0.15, 0.2) is 47.5 Å². The molecule has 1 atom stereocenters. The fourth-order valence-electron chi connectivity index (χ4n) is 4.81. The van der Waals surface area contributed by atoms with Crippen LogP contribution in [-0.2, 0) is 14.3 Å². The largest absolute Gasteiger partial charge is 0.466 e. The van der Waals surface area contributed by atoms with Gasteiger partial charge < -0.3 is 25.4 Å². The third kappa shape index (κ3) is 9.43. The monoisotopic (exact) mass is 578 g/mol. The summed E-state index contributed by atoms with van der Waals surface area (Å²) >= 11 is 0. The maximum absolute atomic E-state index is 13.3. The van der Waals surface area contributed by atoms with Gasteiger partial charge in [-0.2, -0.15) is 4.99 Å². The molecule has 10 nitrogen and oxygen atoms in total. The first-order valence-electron chi connectivity index (χ1n) is 14.7. The minimum absolute atomic E-state index is 0.0337. The predicted molar refractivity (Wildman–Crippen MR) is 160 cm³/mol. The molecule has 3 amide bonds. The summed E-state index contributed by atoms with van der Waals surface area (Å²) in [4.78, 5) is 56.4. The topological polar surface area (TPSA) is 140 Å². The molecule has 2 aromatic carbocycles. The standard InChI is InChI=1S/C32H42N4O6/c1-4-6-7-10-18-42-32(40)35-29(33)24-13-11-12-23(20-24)27(21-28(37)41-5-2)34-30(38)25-14-15-26(22(3)19-25)31(39)36-16-8-9-17-36/h11-15,19-20,27H,4-10,16-18,21H2,1-3H3,(H,34,38)(H2,33,35,40). The number of aliphatic imine (C=N–C) groups is 1. The highest BCUT2D eigenvalue weighted by Crippen LogP contribution is 2.22. The van der Waals surface area contributed by atoms with Gasteiger partial charge in [0.05, 0.1) is 25.7 Å². The third-order valence-electron chi connectivity index (χ3n) is 7.11. The van der Waals surface area contributed by atoms with Crippen molar-refractivity contribution in [2.75, 3.05) is 26.3 Å². The van der Waals surface area contributed by atoms with Crippen molar-refractivity contribution >= 4 is 29.7 Å². The van der Waals surface area contributed by atoms with Gasteiger partial charge in [-0.15, -0.1) is 0 Å². The van der Waals surface area contributed by atoms with E-state index in [1.165, 1.54) is 0 Å². The Balaban J connectivity index is 1.76. The normalized spacial score (nSPS) is 13.9. The molecule has 3 rings (SSSR count). The molecule has 0 aromatic heterocycles. The number of unbranched alkanes of at least 4 members (excludes halogenated alkanes) is 3. The number of hydrogen-bond donors (Lipinski definition) is 2. The molecule has 10 heteroatoms. The van der Waals surface area contributed by atoms with Crippen molar-refractivity contribution in [1.29, 1.82) is 0 Å². The molecular weight excluding hydrogens is 536 g/mol. The molecule has 1 aliphatic rings. The van der Waals surface area contributed by atoms with Crippen molar-refractivity contribution in [3.63, 3.8) is 0 Å². The van der Waals surface area contributed by atoms with E-state index in [-0.39, 0.29) is 31.4 Å². The average Bonchev–Trinajstić information content (AvgIpc) is 3.52. The first-order valence-corrected chi connectivity index (χ1v) is 14.7. The number of carbonyl (C=O) groups excluding carboxylic acids is 4. The number of nitrogens with zero attached hydrogens (tertiary/aromatic N) is 2. The number of benzene rings is 2.